The van der Waals surface area contributed by atoms with Crippen molar-refractivity contribution in [1.29, 1.82) is 0 Å². The van der Waals surface area contributed by atoms with Crippen LogP contribution in [0.1, 0.15) is 11.1 Å². The van der Waals surface area contributed by atoms with Gasteiger partial charge in [0.1, 0.15) is 5.75 Å². The summed E-state index contributed by atoms with van der Waals surface area (Å²) in [6.07, 6.45) is 1.76. The van der Waals surface area contributed by atoms with E-state index in [2.05, 4.69) is 10.5 Å². The van der Waals surface area contributed by atoms with Gasteiger partial charge >= 0.3 is 0 Å². The number of carbonyl (C=O) groups excluding carboxylic acids is 1. The molecule has 2 aromatic rings. The molecular weight excluding hydrogens is 296 g/mol. The van der Waals surface area contributed by atoms with E-state index in [0.29, 0.717) is 17.2 Å². The number of methoxy groups -OCH3 is 1. The number of benzene rings is 2. The number of fused-ring (bicyclic) bond motifs is 1. The monoisotopic (exact) mass is 312 g/mol. The zero-order valence-electron chi connectivity index (χ0n) is 12.6. The molecule has 0 unspecified atom stereocenters. The quantitative estimate of drug-likeness (QED) is 0.678. The highest BCUT2D eigenvalue weighted by Crippen LogP contribution is 2.32. The molecule has 0 bridgehead atoms. The van der Waals surface area contributed by atoms with Crippen molar-refractivity contribution in [3.05, 3.63) is 53.6 Å². The van der Waals surface area contributed by atoms with Crippen LogP contribution in [-0.2, 0) is 11.2 Å². The molecule has 0 spiro atoms. The lowest BCUT2D eigenvalue weighted by Gasteiger charge is -2.04. The zero-order chi connectivity index (χ0) is 16.1. The molecule has 0 fully saturated rings. The second-order valence-electron chi connectivity index (χ2n) is 4.90. The van der Waals surface area contributed by atoms with Gasteiger partial charge in [0, 0.05) is 5.56 Å². The molecule has 6 heteroatoms. The average molecular weight is 312 g/mol. The molecule has 0 aromatic heterocycles. The normalized spacial score (nSPS) is 12.4. The molecule has 0 radical (unpaired) electrons. The fourth-order valence-electron chi connectivity index (χ4n) is 2.22. The van der Waals surface area contributed by atoms with E-state index in [1.807, 2.05) is 30.3 Å². The number of para-hydroxylation sites is 1. The van der Waals surface area contributed by atoms with Gasteiger partial charge in [-0.2, -0.15) is 5.10 Å². The molecule has 1 aliphatic rings. The molecule has 0 atom stereocenters. The van der Waals surface area contributed by atoms with Gasteiger partial charge in [0.05, 0.1) is 19.7 Å². The summed E-state index contributed by atoms with van der Waals surface area (Å²) in [4.78, 5) is 11.9. The van der Waals surface area contributed by atoms with Crippen molar-refractivity contribution in [3.8, 4) is 17.2 Å². The van der Waals surface area contributed by atoms with Gasteiger partial charge in [0.15, 0.2) is 11.5 Å². The Bertz CT molecular complexity index is 743. The van der Waals surface area contributed by atoms with Crippen molar-refractivity contribution in [3.63, 3.8) is 0 Å². The molecule has 118 valence electrons. The molecule has 3 rings (SSSR count). The second kappa shape index (κ2) is 6.83. The van der Waals surface area contributed by atoms with E-state index in [9.17, 15) is 4.79 Å². The Morgan fingerprint density at radius 1 is 1.26 bits per heavy atom. The van der Waals surface area contributed by atoms with Crippen molar-refractivity contribution in [2.45, 2.75) is 6.42 Å². The number of hydrazone groups is 1. The van der Waals surface area contributed by atoms with Crippen LogP contribution in [0.2, 0.25) is 0 Å². The summed E-state index contributed by atoms with van der Waals surface area (Å²) >= 11 is 0. The van der Waals surface area contributed by atoms with E-state index in [-0.39, 0.29) is 19.1 Å². The summed E-state index contributed by atoms with van der Waals surface area (Å²) in [5, 5.41) is 3.96. The van der Waals surface area contributed by atoms with Crippen molar-refractivity contribution >= 4 is 12.1 Å². The number of nitrogens with one attached hydrogen (secondary N) is 1. The highest BCUT2D eigenvalue weighted by atomic mass is 16.7. The van der Waals surface area contributed by atoms with Crippen LogP contribution < -0.4 is 19.6 Å². The summed E-state index contributed by atoms with van der Waals surface area (Å²) in [6, 6.07) is 12.8. The first kappa shape index (κ1) is 14.9. The maximum Gasteiger partial charge on any atom is 0.244 e. The highest BCUT2D eigenvalue weighted by molar-refractivity contribution is 5.85. The molecule has 1 heterocycles. The van der Waals surface area contributed by atoms with Gasteiger partial charge in [-0.15, -0.1) is 0 Å². The highest BCUT2D eigenvalue weighted by Gasteiger charge is 2.14. The minimum Gasteiger partial charge on any atom is -0.496 e. The number of hydrogen-bond acceptors (Lipinski definition) is 5. The van der Waals surface area contributed by atoms with Crippen LogP contribution in [0.15, 0.2) is 47.6 Å². The van der Waals surface area contributed by atoms with Gasteiger partial charge in [-0.25, -0.2) is 5.43 Å². The van der Waals surface area contributed by atoms with Crippen molar-refractivity contribution in [2.24, 2.45) is 5.10 Å². The molecule has 0 aliphatic carbocycles. The summed E-state index contributed by atoms with van der Waals surface area (Å²) < 4.78 is 15.7. The fourth-order valence-corrected chi connectivity index (χ4v) is 2.22. The SMILES string of the molecule is COc1ccccc1/C=N\NC(=O)Cc1ccc2c(c1)OCO2. The van der Waals surface area contributed by atoms with Gasteiger partial charge < -0.3 is 14.2 Å². The Morgan fingerprint density at radius 2 is 2.09 bits per heavy atom. The third kappa shape index (κ3) is 3.60. The molecule has 1 aliphatic heterocycles. The van der Waals surface area contributed by atoms with Crippen LogP contribution in [0.5, 0.6) is 17.2 Å². The van der Waals surface area contributed by atoms with Crippen LogP contribution in [0, 0.1) is 0 Å². The molecule has 0 saturated carbocycles. The van der Waals surface area contributed by atoms with Crippen molar-refractivity contribution in [1.82, 2.24) is 5.43 Å². The number of ether oxygens (including phenoxy) is 3. The van der Waals surface area contributed by atoms with Crippen molar-refractivity contribution in [2.75, 3.05) is 13.9 Å². The predicted octanol–water partition coefficient (Wildman–Crippen LogP) is 2.12. The maximum absolute atomic E-state index is 11.9. The minimum atomic E-state index is -0.213. The van der Waals surface area contributed by atoms with E-state index < -0.39 is 0 Å². The third-order valence-electron chi connectivity index (χ3n) is 3.33. The Kier molecular flexibility index (Phi) is 4.42. The zero-order valence-corrected chi connectivity index (χ0v) is 12.6. The van der Waals surface area contributed by atoms with E-state index in [4.69, 9.17) is 14.2 Å². The number of hydrogen-bond donors (Lipinski definition) is 1. The molecule has 1 N–H and O–H groups in total. The lowest BCUT2D eigenvalue weighted by atomic mass is 10.1. The van der Waals surface area contributed by atoms with Crippen LogP contribution in [0.4, 0.5) is 0 Å². The van der Waals surface area contributed by atoms with Crippen LogP contribution >= 0.6 is 0 Å². The summed E-state index contributed by atoms with van der Waals surface area (Å²) in [5.74, 6) is 1.84. The number of rotatable bonds is 5. The second-order valence-corrected chi connectivity index (χ2v) is 4.90. The molecule has 1 amide bonds. The minimum absolute atomic E-state index is 0.208. The first-order valence-electron chi connectivity index (χ1n) is 7.10. The van der Waals surface area contributed by atoms with Gasteiger partial charge in [0.2, 0.25) is 12.7 Å². The Morgan fingerprint density at radius 3 is 2.96 bits per heavy atom. The first-order chi connectivity index (χ1) is 11.3. The Hall–Kier alpha value is -3.02. The predicted molar refractivity (Wildman–Crippen MR) is 85.0 cm³/mol. The van der Waals surface area contributed by atoms with Gasteiger partial charge in [-0.3, -0.25) is 4.79 Å². The fraction of sp³-hybridized carbons (Fsp3) is 0.176. The molecule has 6 nitrogen and oxygen atoms in total. The van der Waals surface area contributed by atoms with Crippen LogP contribution in [-0.4, -0.2) is 26.0 Å². The lowest BCUT2D eigenvalue weighted by molar-refractivity contribution is -0.120. The van der Waals surface area contributed by atoms with Crippen LogP contribution in [0.25, 0.3) is 0 Å². The molecule has 23 heavy (non-hydrogen) atoms. The summed E-state index contributed by atoms with van der Waals surface area (Å²) in [7, 11) is 1.59. The Balaban J connectivity index is 1.58. The summed E-state index contributed by atoms with van der Waals surface area (Å²) in [6.45, 7) is 0.216. The lowest BCUT2D eigenvalue weighted by Crippen LogP contribution is -2.19. The third-order valence-corrected chi connectivity index (χ3v) is 3.33. The van der Waals surface area contributed by atoms with Gasteiger partial charge in [-0.1, -0.05) is 18.2 Å². The largest absolute Gasteiger partial charge is 0.496 e. The smallest absolute Gasteiger partial charge is 0.244 e. The van der Waals surface area contributed by atoms with Gasteiger partial charge in [0.25, 0.3) is 0 Å². The van der Waals surface area contributed by atoms with Crippen molar-refractivity contribution < 1.29 is 19.0 Å². The van der Waals surface area contributed by atoms with E-state index in [0.717, 1.165) is 11.1 Å². The average Bonchev–Trinajstić information content (AvgIpc) is 3.03. The topological polar surface area (TPSA) is 69.2 Å². The first-order valence-corrected chi connectivity index (χ1v) is 7.10. The van der Waals surface area contributed by atoms with Gasteiger partial charge in [-0.05, 0) is 29.8 Å². The molecule has 2 aromatic carbocycles. The van der Waals surface area contributed by atoms with E-state index in [1.54, 1.807) is 25.5 Å². The molecular formula is C17H16N2O4. The number of nitrogens with zero attached hydrogens (tertiary/aromatic N) is 1. The maximum atomic E-state index is 11.9. The Labute approximate surface area is 133 Å². The van der Waals surface area contributed by atoms with E-state index >= 15 is 0 Å². The van der Waals surface area contributed by atoms with Crippen LogP contribution in [0.3, 0.4) is 0 Å². The number of amides is 1. The number of carbonyl (C=O) groups is 1. The summed E-state index contributed by atoms with van der Waals surface area (Å²) in [5.41, 5.74) is 4.12. The van der Waals surface area contributed by atoms with E-state index in [1.165, 1.54) is 0 Å². The standard InChI is InChI=1S/C17H16N2O4/c1-21-14-5-3-2-4-13(14)10-18-19-17(20)9-12-6-7-15-16(8-12)23-11-22-15/h2-8,10H,9,11H2,1H3,(H,19,20)/b18-10-. The molecule has 0 saturated heterocycles.